The molecule has 0 aromatic heterocycles. The van der Waals surface area contributed by atoms with E-state index >= 15 is 0 Å². The fraction of sp³-hybridized carbons (Fsp3) is 0.500. The van der Waals surface area contributed by atoms with Crippen LogP contribution < -0.4 is 0 Å². The van der Waals surface area contributed by atoms with Crippen LogP contribution in [0.5, 0.6) is 0 Å². The van der Waals surface area contributed by atoms with Crippen LogP contribution in [0.1, 0.15) is 33.6 Å². The molecule has 0 aromatic rings. The molecule has 2 N–H and O–H groups in total. The van der Waals surface area contributed by atoms with Crippen molar-refractivity contribution in [3.8, 4) is 0 Å². The minimum absolute atomic E-state index is 0.0507. The van der Waals surface area contributed by atoms with Gasteiger partial charge in [-0.2, -0.15) is 0 Å². The third kappa shape index (κ3) is 2.13. The molecule has 0 unspecified atom stereocenters. The lowest BCUT2D eigenvalue weighted by Gasteiger charge is -2.39. The molecule has 1 fully saturated rings. The van der Waals surface area contributed by atoms with Gasteiger partial charge in [-0.05, 0) is 51.0 Å². The van der Waals surface area contributed by atoms with E-state index in [0.29, 0.717) is 5.57 Å². The van der Waals surface area contributed by atoms with E-state index < -0.39 is 17.5 Å². The number of rotatable bonds is 1. The second-order valence-electron chi connectivity index (χ2n) is 7.59. The summed E-state index contributed by atoms with van der Waals surface area (Å²) in [5.41, 5.74) is 0.735. The molecule has 0 aliphatic heterocycles. The largest absolute Gasteiger partial charge is 0.385 e. The van der Waals surface area contributed by atoms with Crippen molar-refractivity contribution in [3.63, 3.8) is 0 Å². The van der Waals surface area contributed by atoms with Crippen molar-refractivity contribution >= 4 is 11.6 Å². The Balaban J connectivity index is 2.26. The number of carbonyl (C=O) groups is 2. The monoisotopic (exact) mass is 328 g/mol. The molecule has 3 rings (SSSR count). The predicted molar refractivity (Wildman–Crippen MR) is 91.1 cm³/mol. The molecular weight excluding hydrogens is 304 g/mol. The first kappa shape index (κ1) is 17.1. The van der Waals surface area contributed by atoms with Gasteiger partial charge in [0.2, 0.25) is 0 Å². The first-order valence-electron chi connectivity index (χ1n) is 8.34. The minimum Gasteiger partial charge on any atom is -0.385 e. The van der Waals surface area contributed by atoms with Crippen LogP contribution in [0, 0.1) is 17.8 Å². The van der Waals surface area contributed by atoms with Crippen molar-refractivity contribution in [2.45, 2.75) is 45.3 Å². The summed E-state index contributed by atoms with van der Waals surface area (Å²) >= 11 is 0. The number of carbonyl (C=O) groups excluding carboxylic acids is 2. The number of ketones is 2. The fourth-order valence-electron chi connectivity index (χ4n) is 4.46. The van der Waals surface area contributed by atoms with E-state index in [9.17, 15) is 19.8 Å². The molecule has 0 spiro atoms. The quantitative estimate of drug-likeness (QED) is 0.724. The van der Waals surface area contributed by atoms with Gasteiger partial charge in [0.05, 0.1) is 0 Å². The van der Waals surface area contributed by atoms with E-state index in [4.69, 9.17) is 0 Å². The Bertz CT molecular complexity index is 735. The van der Waals surface area contributed by atoms with Crippen molar-refractivity contribution in [2.24, 2.45) is 17.8 Å². The summed E-state index contributed by atoms with van der Waals surface area (Å²) in [6, 6.07) is 0. The van der Waals surface area contributed by atoms with Gasteiger partial charge in [0.15, 0.2) is 17.2 Å². The van der Waals surface area contributed by atoms with E-state index in [2.05, 4.69) is 13.2 Å². The molecule has 0 heterocycles. The highest BCUT2D eigenvalue weighted by Gasteiger charge is 2.56. The highest BCUT2D eigenvalue weighted by Crippen LogP contribution is 2.51. The lowest BCUT2D eigenvalue weighted by Crippen LogP contribution is -2.44. The van der Waals surface area contributed by atoms with Gasteiger partial charge in [0.1, 0.15) is 6.10 Å². The lowest BCUT2D eigenvalue weighted by molar-refractivity contribution is -0.137. The van der Waals surface area contributed by atoms with Gasteiger partial charge in [-0.1, -0.05) is 30.4 Å². The normalized spacial score (nSPS) is 39.4. The minimum atomic E-state index is -1.96. The Labute approximate surface area is 142 Å². The smallest absolute Gasteiger partial charge is 0.194 e. The van der Waals surface area contributed by atoms with E-state index in [1.807, 2.05) is 13.0 Å². The van der Waals surface area contributed by atoms with Crippen LogP contribution in [0.15, 0.2) is 47.1 Å². The Morgan fingerprint density at radius 3 is 2.54 bits per heavy atom. The van der Waals surface area contributed by atoms with Gasteiger partial charge in [-0.25, -0.2) is 0 Å². The zero-order valence-electron chi connectivity index (χ0n) is 14.4. The summed E-state index contributed by atoms with van der Waals surface area (Å²) < 4.78 is 0. The fourth-order valence-corrected chi connectivity index (χ4v) is 4.46. The highest BCUT2D eigenvalue weighted by atomic mass is 16.4. The SMILES string of the molecule is C=C1CC[C@@H](C(=C)C)[C@@H]2C=C(C)C(=O)C3=C(C(=O)[C@@](C)(O)[C@H]3O)[C@@H]12. The summed E-state index contributed by atoms with van der Waals surface area (Å²) in [4.78, 5) is 25.6. The van der Waals surface area contributed by atoms with E-state index in [-0.39, 0.29) is 34.7 Å². The van der Waals surface area contributed by atoms with Crippen LogP contribution in [-0.2, 0) is 9.59 Å². The van der Waals surface area contributed by atoms with Crippen molar-refractivity contribution in [3.05, 3.63) is 47.1 Å². The molecule has 4 nitrogen and oxygen atoms in total. The lowest BCUT2D eigenvalue weighted by atomic mass is 9.64. The van der Waals surface area contributed by atoms with Gasteiger partial charge in [-0.15, -0.1) is 0 Å². The second kappa shape index (κ2) is 5.36. The molecule has 3 aliphatic rings. The van der Waals surface area contributed by atoms with Crippen molar-refractivity contribution < 1.29 is 19.8 Å². The number of aliphatic hydroxyl groups is 2. The molecule has 0 radical (unpaired) electrons. The number of aliphatic hydroxyl groups excluding tert-OH is 1. The zero-order valence-corrected chi connectivity index (χ0v) is 14.4. The van der Waals surface area contributed by atoms with Crippen molar-refractivity contribution in [1.29, 1.82) is 0 Å². The summed E-state index contributed by atoms with van der Waals surface area (Å²) in [6.45, 7) is 13.1. The molecule has 5 atom stereocenters. The molecule has 1 saturated carbocycles. The molecule has 4 heteroatoms. The first-order valence-corrected chi connectivity index (χ1v) is 8.34. The van der Waals surface area contributed by atoms with Crippen LogP contribution in [-0.4, -0.2) is 33.5 Å². The highest BCUT2D eigenvalue weighted by molar-refractivity contribution is 6.20. The first-order chi connectivity index (χ1) is 11.1. The predicted octanol–water partition coefficient (Wildman–Crippen LogP) is 2.28. The maximum Gasteiger partial charge on any atom is 0.194 e. The third-order valence-electron chi connectivity index (χ3n) is 5.86. The Morgan fingerprint density at radius 2 is 1.96 bits per heavy atom. The third-order valence-corrected chi connectivity index (χ3v) is 5.86. The second-order valence-corrected chi connectivity index (χ2v) is 7.59. The van der Waals surface area contributed by atoms with Crippen molar-refractivity contribution in [1.82, 2.24) is 0 Å². The number of Topliss-reactive ketones (excluding diaryl/α,β-unsaturated/α-hetero) is 2. The number of hydrogen-bond donors (Lipinski definition) is 2. The van der Waals surface area contributed by atoms with E-state index in [1.54, 1.807) is 6.92 Å². The molecule has 128 valence electrons. The van der Waals surface area contributed by atoms with Gasteiger partial charge < -0.3 is 10.2 Å². The number of allylic oxidation sites excluding steroid dienone is 4. The average molecular weight is 328 g/mol. The molecule has 0 aromatic carbocycles. The van der Waals surface area contributed by atoms with Crippen LogP contribution >= 0.6 is 0 Å². The van der Waals surface area contributed by atoms with Crippen molar-refractivity contribution in [2.75, 3.05) is 0 Å². The molecule has 3 aliphatic carbocycles. The molecule has 0 amide bonds. The number of hydrogen-bond acceptors (Lipinski definition) is 4. The summed E-state index contributed by atoms with van der Waals surface area (Å²) in [5.74, 6) is -1.21. The Hall–Kier alpha value is -1.78. The standard InChI is InChI=1S/C20H24O4/c1-9(2)12-7-6-10(3)14-13(12)8-11(4)17(21)16-15(14)18(22)20(5,24)19(16)23/h8,12-14,19,23-24H,1,3,6-7H2,2,4-5H3/t12-,13-,14-,19-,20+/m0/s1. The van der Waals surface area contributed by atoms with Crippen LogP contribution in [0.25, 0.3) is 0 Å². The number of fused-ring (bicyclic) bond motifs is 2. The molecule has 24 heavy (non-hydrogen) atoms. The topological polar surface area (TPSA) is 74.6 Å². The Kier molecular flexibility index (Phi) is 3.81. The van der Waals surface area contributed by atoms with E-state index in [1.165, 1.54) is 6.92 Å². The summed E-state index contributed by atoms with van der Waals surface area (Å²) in [5, 5.41) is 20.9. The van der Waals surface area contributed by atoms with Gasteiger partial charge in [-0.3, -0.25) is 9.59 Å². The van der Waals surface area contributed by atoms with Crippen LogP contribution in [0.4, 0.5) is 0 Å². The zero-order chi connectivity index (χ0) is 18.0. The molecule has 0 saturated heterocycles. The maximum absolute atomic E-state index is 12.8. The Morgan fingerprint density at radius 1 is 1.33 bits per heavy atom. The van der Waals surface area contributed by atoms with Crippen LogP contribution in [0.3, 0.4) is 0 Å². The maximum atomic E-state index is 12.8. The molecular formula is C20H24O4. The van der Waals surface area contributed by atoms with Gasteiger partial charge >= 0.3 is 0 Å². The summed E-state index contributed by atoms with van der Waals surface area (Å²) in [6.07, 6.45) is 2.03. The van der Waals surface area contributed by atoms with E-state index in [0.717, 1.165) is 24.0 Å². The van der Waals surface area contributed by atoms with Gasteiger partial charge in [0, 0.05) is 17.1 Å². The average Bonchev–Trinajstić information content (AvgIpc) is 2.61. The van der Waals surface area contributed by atoms with Crippen LogP contribution in [0.2, 0.25) is 0 Å². The summed E-state index contributed by atoms with van der Waals surface area (Å²) in [7, 11) is 0. The molecule has 0 bridgehead atoms. The van der Waals surface area contributed by atoms with Gasteiger partial charge in [0.25, 0.3) is 0 Å².